The molecular formula is C23H28F2N6O4S. The molecule has 1 unspecified atom stereocenters. The summed E-state index contributed by atoms with van der Waals surface area (Å²) in [6.45, 7) is -3.00. The Morgan fingerprint density at radius 2 is 2.17 bits per heavy atom. The quantitative estimate of drug-likeness (QED) is 0.226. The van der Waals surface area contributed by atoms with E-state index in [-0.39, 0.29) is 22.1 Å². The number of aromatic nitrogens is 5. The smallest absolute Gasteiger partial charge is 0.191 e. The third-order valence-electron chi connectivity index (χ3n) is 5.10. The van der Waals surface area contributed by atoms with Gasteiger partial charge in [0.25, 0.3) is 0 Å². The molecule has 10 nitrogen and oxygen atoms in total. The van der Waals surface area contributed by atoms with Crippen molar-refractivity contribution in [3.05, 3.63) is 35.3 Å². The van der Waals surface area contributed by atoms with E-state index in [4.69, 9.17) is 16.4 Å². The highest BCUT2D eigenvalue weighted by atomic mass is 32.2. The Hall–Kier alpha value is -2.45. The fraction of sp³-hybridized carbons (Fsp3) is 0.565. The van der Waals surface area contributed by atoms with Crippen molar-refractivity contribution >= 4 is 28.7 Å². The third-order valence-corrected chi connectivity index (χ3v) is 6.16. The SMILES string of the molecule is [2H]c1c([2H])c(C2([2H])C[C@@H]2Nc2nc(SCCC)nc3c2nnn3[C@]2([2H])C([2H])([2H])[C@]([2H])(OC([2H])([2H])CO)[C@@]([2H])(O)[C@@]2([2H])O)c([2H])c(F)c1F. The lowest BCUT2D eigenvalue weighted by molar-refractivity contribution is -0.0629. The van der Waals surface area contributed by atoms with E-state index >= 15 is 0 Å². The van der Waals surface area contributed by atoms with Gasteiger partial charge in [0.05, 0.1) is 37.6 Å². The molecule has 0 amide bonds. The van der Waals surface area contributed by atoms with Crippen LogP contribution in [0.3, 0.4) is 0 Å². The van der Waals surface area contributed by atoms with Crippen LogP contribution >= 0.6 is 11.8 Å². The van der Waals surface area contributed by atoms with Crippen LogP contribution in [-0.2, 0) is 4.74 Å². The molecule has 194 valence electrons. The predicted molar refractivity (Wildman–Crippen MR) is 128 cm³/mol. The Kier molecular flexibility index (Phi) is 4.22. The molecule has 2 aromatic heterocycles. The maximum atomic E-state index is 14.4. The van der Waals surface area contributed by atoms with E-state index in [1.165, 1.54) is 0 Å². The first-order valence-electron chi connectivity index (χ1n) is 16.7. The lowest BCUT2D eigenvalue weighted by atomic mass is 10.1. The van der Waals surface area contributed by atoms with Crippen LogP contribution in [0.25, 0.3) is 11.2 Å². The van der Waals surface area contributed by atoms with Crippen molar-refractivity contribution in [2.45, 2.75) is 67.5 Å². The lowest BCUT2D eigenvalue weighted by Crippen LogP contribution is -2.33. The van der Waals surface area contributed by atoms with E-state index in [0.29, 0.717) is 12.2 Å². The van der Waals surface area contributed by atoms with Crippen LogP contribution in [0, 0.1) is 11.6 Å². The second-order valence-corrected chi connectivity index (χ2v) is 8.65. The van der Waals surface area contributed by atoms with Gasteiger partial charge >= 0.3 is 0 Å². The van der Waals surface area contributed by atoms with Gasteiger partial charge in [-0.25, -0.2) is 23.4 Å². The van der Waals surface area contributed by atoms with E-state index in [0.717, 1.165) is 11.8 Å². The Morgan fingerprint density at radius 3 is 2.94 bits per heavy atom. The van der Waals surface area contributed by atoms with Crippen LogP contribution in [0.1, 0.15) is 60.1 Å². The zero-order valence-electron chi connectivity index (χ0n) is 30.6. The van der Waals surface area contributed by atoms with Crippen LogP contribution in [-0.4, -0.2) is 83.5 Å². The molecule has 3 aromatic rings. The molecule has 1 aromatic carbocycles. The molecule has 0 saturated heterocycles. The summed E-state index contributed by atoms with van der Waals surface area (Å²) >= 11 is 1.02. The average molecular weight is 535 g/mol. The summed E-state index contributed by atoms with van der Waals surface area (Å²) in [4.78, 5) is 8.52. The summed E-state index contributed by atoms with van der Waals surface area (Å²) in [5, 5.41) is 41.7. The third kappa shape index (κ3) is 4.90. The molecule has 2 saturated carbocycles. The zero-order valence-corrected chi connectivity index (χ0v) is 19.4. The first-order chi connectivity index (χ1) is 21.9. The number of nitrogens with one attached hydrogen (secondary N) is 1. The highest BCUT2D eigenvalue weighted by Crippen LogP contribution is 2.44. The van der Waals surface area contributed by atoms with E-state index < -0.39 is 102 Å². The Labute approximate surface area is 226 Å². The van der Waals surface area contributed by atoms with E-state index in [1.807, 2.05) is 6.92 Å². The first kappa shape index (κ1) is 14.5. The van der Waals surface area contributed by atoms with E-state index in [2.05, 4.69) is 30.3 Å². The minimum absolute atomic E-state index is 0.0999. The molecule has 0 spiro atoms. The van der Waals surface area contributed by atoms with Gasteiger partial charge in [0.2, 0.25) is 0 Å². The standard InChI is InChI=1S/C23H28F2N6O4S/c1-2-7-36-23-27-21(26-15-9-12(15)11-3-4-13(24)14(25)8-11)18-22(28-23)31(30-29-18)16-10-17(35-6-5-32)20(34)19(16)33/h3-4,8,12,15-17,19-20,32-34H,2,5-7,9-10H2,1H3,(H,26,27,28)/t12?,15-,16+,17-,19-,20+/m0/s1/i3D,4D,6D2,8D,10D2,12D,16D,17D,19D,20D. The topological polar surface area (TPSA) is 138 Å². The Morgan fingerprint density at radius 1 is 1.33 bits per heavy atom. The Balaban J connectivity index is 1.66. The van der Waals surface area contributed by atoms with Gasteiger partial charge in [0.1, 0.15) is 12.2 Å². The van der Waals surface area contributed by atoms with Crippen LogP contribution in [0.2, 0.25) is 0 Å². The van der Waals surface area contributed by atoms with Gasteiger partial charge in [0, 0.05) is 28.2 Å². The highest BCUT2D eigenvalue weighted by molar-refractivity contribution is 7.99. The molecular weight excluding hydrogens is 494 g/mol. The number of ether oxygens (including phenoxy) is 1. The number of nitrogens with zero attached hydrogens (tertiary/aromatic N) is 5. The van der Waals surface area contributed by atoms with E-state index in [1.54, 1.807) is 0 Å². The second kappa shape index (κ2) is 10.5. The fourth-order valence-corrected chi connectivity index (χ4v) is 4.04. The maximum absolute atomic E-state index is 14.4. The van der Waals surface area contributed by atoms with Crippen molar-refractivity contribution in [2.75, 3.05) is 24.2 Å². The van der Waals surface area contributed by atoms with Gasteiger partial charge < -0.3 is 25.4 Å². The number of benzene rings is 1. The molecule has 0 bridgehead atoms. The van der Waals surface area contributed by atoms with Crippen molar-refractivity contribution in [1.29, 1.82) is 0 Å². The average Bonchev–Trinajstić information content (AvgIpc) is 3.42. The molecule has 36 heavy (non-hydrogen) atoms. The number of anilines is 1. The minimum Gasteiger partial charge on any atom is -0.394 e. The highest BCUT2D eigenvalue weighted by Gasteiger charge is 2.45. The molecule has 2 fully saturated rings. The van der Waals surface area contributed by atoms with Gasteiger partial charge in [-0.15, -0.1) is 5.10 Å². The molecule has 5 rings (SSSR count). The van der Waals surface area contributed by atoms with Gasteiger partial charge in [-0.1, -0.05) is 29.9 Å². The molecule has 4 N–H and O–H groups in total. The van der Waals surface area contributed by atoms with Crippen LogP contribution < -0.4 is 5.32 Å². The van der Waals surface area contributed by atoms with Crippen LogP contribution in [0.15, 0.2) is 23.3 Å². The number of hydrogen-bond donors (Lipinski definition) is 4. The molecule has 6 atom stereocenters. The summed E-state index contributed by atoms with van der Waals surface area (Å²) in [6.07, 6.45) is -15.7. The monoisotopic (exact) mass is 534 g/mol. The van der Waals surface area contributed by atoms with Crippen molar-refractivity contribution in [3.63, 3.8) is 0 Å². The van der Waals surface area contributed by atoms with Crippen molar-refractivity contribution in [3.8, 4) is 0 Å². The maximum Gasteiger partial charge on any atom is 0.191 e. The number of hydrogen-bond acceptors (Lipinski definition) is 10. The minimum atomic E-state index is -4.14. The zero-order chi connectivity index (χ0) is 36.2. The fourth-order valence-electron chi connectivity index (χ4n) is 3.35. The summed E-state index contributed by atoms with van der Waals surface area (Å²) in [5.74, 6) is -5.24. The molecule has 2 heterocycles. The van der Waals surface area contributed by atoms with Gasteiger partial charge in [-0.05, 0) is 30.5 Å². The van der Waals surface area contributed by atoms with Crippen molar-refractivity contribution in [2.24, 2.45) is 0 Å². The number of thioether (sulfide) groups is 1. The van der Waals surface area contributed by atoms with Gasteiger partial charge in [0.15, 0.2) is 33.8 Å². The van der Waals surface area contributed by atoms with Gasteiger partial charge in [-0.3, -0.25) is 0 Å². The predicted octanol–water partition coefficient (Wildman–Crippen LogP) is 2.01. The molecule has 0 aliphatic heterocycles. The normalized spacial score (nSPS) is 44.4. The molecule has 13 heteroatoms. The summed E-state index contributed by atoms with van der Waals surface area (Å²) in [5.41, 5.74) is -1.60. The number of rotatable bonds is 10. The summed E-state index contributed by atoms with van der Waals surface area (Å²) in [7, 11) is 0. The largest absolute Gasteiger partial charge is 0.394 e. The number of aliphatic hydroxyl groups is 3. The molecule has 2 aliphatic rings. The number of fused-ring (bicyclic) bond motifs is 1. The number of halogens is 2. The van der Waals surface area contributed by atoms with Crippen LogP contribution in [0.4, 0.5) is 14.6 Å². The second-order valence-electron chi connectivity index (χ2n) is 7.59. The van der Waals surface area contributed by atoms with Crippen molar-refractivity contribution < 1.29 is 45.3 Å². The summed E-state index contributed by atoms with van der Waals surface area (Å²) < 4.78 is 133. The number of aliphatic hydroxyl groups excluding tert-OH is 1. The van der Waals surface area contributed by atoms with E-state index in [9.17, 15) is 24.1 Å². The van der Waals surface area contributed by atoms with Gasteiger partial charge in [-0.2, -0.15) is 0 Å². The molecule has 0 radical (unpaired) electrons. The first-order valence-corrected chi connectivity index (χ1v) is 11.6. The van der Waals surface area contributed by atoms with Crippen LogP contribution in [0.5, 0.6) is 0 Å². The Bertz CT molecular complexity index is 1780. The lowest BCUT2D eigenvalue weighted by Gasteiger charge is -2.17. The molecule has 2 aliphatic carbocycles. The van der Waals surface area contributed by atoms with Crippen molar-refractivity contribution in [1.82, 2.24) is 25.0 Å². The summed E-state index contributed by atoms with van der Waals surface area (Å²) in [6, 6.07) is -7.94.